The zero-order chi connectivity index (χ0) is 16.7. The van der Waals surface area contributed by atoms with E-state index in [2.05, 4.69) is 76.2 Å². The molecule has 0 fully saturated rings. The van der Waals surface area contributed by atoms with Crippen molar-refractivity contribution in [2.24, 2.45) is 0 Å². The quantitative estimate of drug-likeness (QED) is 0.774. The van der Waals surface area contributed by atoms with Crippen LogP contribution in [-0.2, 0) is 16.0 Å². The lowest BCUT2D eigenvalue weighted by molar-refractivity contribution is -0.0987. The molecule has 0 aliphatic rings. The summed E-state index contributed by atoms with van der Waals surface area (Å²) < 4.78 is 0. The van der Waals surface area contributed by atoms with Crippen molar-refractivity contribution in [1.82, 2.24) is 0 Å². The van der Waals surface area contributed by atoms with Crippen molar-refractivity contribution in [3.8, 4) is 0 Å². The van der Waals surface area contributed by atoms with Gasteiger partial charge in [0.1, 0.15) is 13.6 Å². The third kappa shape index (κ3) is 11.3. The van der Waals surface area contributed by atoms with Gasteiger partial charge in [-0.3, -0.25) is 0 Å². The molecule has 0 spiro atoms. The number of hydrogen-bond donors (Lipinski definition) is 0. The summed E-state index contributed by atoms with van der Waals surface area (Å²) in [5.41, 5.74) is 5.46. The molecular weight excluding hydrogens is 260 g/mol. The fourth-order valence-electron chi connectivity index (χ4n) is 1.74. The number of benzene rings is 2. The standard InChI is InChI=1S/C9H12.C8H10.2CH2O/c1-3-9-6-4-5-8(2)7-9;1-7-4-3-5-8(2)6-7;2*1-2/h4-7H,3H2,1-2H3;3-6H,1-2H3;2*1H2. The molecule has 2 aromatic rings. The highest BCUT2D eigenvalue weighted by molar-refractivity contribution is 5.22. The average Bonchev–Trinajstić information content (AvgIpc) is 2.51. The minimum absolute atomic E-state index is 1.14. The van der Waals surface area contributed by atoms with E-state index < -0.39 is 0 Å². The molecule has 0 aliphatic carbocycles. The Morgan fingerprint density at radius 2 is 1.10 bits per heavy atom. The number of hydrogen-bond acceptors (Lipinski definition) is 2. The van der Waals surface area contributed by atoms with Crippen LogP contribution in [0.5, 0.6) is 0 Å². The molecule has 0 unspecified atom stereocenters. The van der Waals surface area contributed by atoms with E-state index in [-0.39, 0.29) is 0 Å². The second kappa shape index (κ2) is 14.2. The van der Waals surface area contributed by atoms with Crippen LogP contribution in [0.2, 0.25) is 0 Å². The van der Waals surface area contributed by atoms with Gasteiger partial charge in [0.25, 0.3) is 0 Å². The fourth-order valence-corrected chi connectivity index (χ4v) is 1.74. The lowest BCUT2D eigenvalue weighted by atomic mass is 10.1. The Labute approximate surface area is 128 Å². The van der Waals surface area contributed by atoms with Gasteiger partial charge in [-0.1, -0.05) is 72.1 Å². The van der Waals surface area contributed by atoms with Crippen LogP contribution in [-0.4, -0.2) is 13.6 Å². The first-order valence-electron chi connectivity index (χ1n) is 6.78. The van der Waals surface area contributed by atoms with Gasteiger partial charge in [-0.25, -0.2) is 0 Å². The molecule has 0 aliphatic heterocycles. The summed E-state index contributed by atoms with van der Waals surface area (Å²) in [5, 5.41) is 0. The average molecular weight is 286 g/mol. The van der Waals surface area contributed by atoms with Crippen molar-refractivity contribution in [2.45, 2.75) is 34.1 Å². The first-order chi connectivity index (χ1) is 10.1. The van der Waals surface area contributed by atoms with Crippen molar-refractivity contribution in [3.63, 3.8) is 0 Å². The van der Waals surface area contributed by atoms with Crippen molar-refractivity contribution in [3.05, 3.63) is 70.8 Å². The lowest BCUT2D eigenvalue weighted by Gasteiger charge is -1.95. The van der Waals surface area contributed by atoms with Crippen molar-refractivity contribution in [2.75, 3.05) is 0 Å². The van der Waals surface area contributed by atoms with Crippen LogP contribution in [0.3, 0.4) is 0 Å². The third-order valence-corrected chi connectivity index (χ3v) is 2.66. The van der Waals surface area contributed by atoms with Crippen molar-refractivity contribution >= 4 is 13.6 Å². The van der Waals surface area contributed by atoms with Crippen LogP contribution >= 0.6 is 0 Å². The predicted octanol–water partition coefficient (Wildman–Crippen LogP) is 4.49. The SMILES string of the molecule is C=O.C=O.CCc1cccc(C)c1.Cc1cccc(C)c1. The molecule has 2 aromatic carbocycles. The number of rotatable bonds is 1. The highest BCUT2D eigenvalue weighted by Gasteiger charge is 1.85. The van der Waals surface area contributed by atoms with Crippen molar-refractivity contribution in [1.29, 1.82) is 0 Å². The molecule has 0 saturated carbocycles. The molecule has 21 heavy (non-hydrogen) atoms. The fraction of sp³-hybridized carbons (Fsp3) is 0.263. The second-order valence-electron chi connectivity index (χ2n) is 4.50. The number of carbonyl (C=O) groups is 2. The monoisotopic (exact) mass is 286 g/mol. The summed E-state index contributed by atoms with van der Waals surface area (Å²) in [4.78, 5) is 16.0. The lowest BCUT2D eigenvalue weighted by Crippen LogP contribution is -1.78. The zero-order valence-corrected chi connectivity index (χ0v) is 13.6. The van der Waals surface area contributed by atoms with Gasteiger partial charge in [-0.2, -0.15) is 0 Å². The van der Waals surface area contributed by atoms with Crippen LogP contribution in [0.15, 0.2) is 48.5 Å². The first kappa shape index (κ1) is 21.1. The highest BCUT2D eigenvalue weighted by Crippen LogP contribution is 2.03. The van der Waals surface area contributed by atoms with Crippen LogP contribution in [0.1, 0.15) is 29.2 Å². The summed E-state index contributed by atoms with van der Waals surface area (Å²) in [5.74, 6) is 0. The Bertz CT molecular complexity index is 473. The van der Waals surface area contributed by atoms with E-state index in [0.29, 0.717) is 0 Å². The Hall–Kier alpha value is -2.22. The maximum atomic E-state index is 8.00. The van der Waals surface area contributed by atoms with Gasteiger partial charge in [-0.15, -0.1) is 0 Å². The molecule has 2 heteroatoms. The molecule has 0 atom stereocenters. The topological polar surface area (TPSA) is 34.1 Å². The molecule has 0 heterocycles. The van der Waals surface area contributed by atoms with Crippen LogP contribution < -0.4 is 0 Å². The minimum atomic E-state index is 1.14. The summed E-state index contributed by atoms with van der Waals surface area (Å²) in [6.45, 7) is 12.5. The first-order valence-corrected chi connectivity index (χ1v) is 6.78. The Morgan fingerprint density at radius 1 is 0.714 bits per heavy atom. The van der Waals surface area contributed by atoms with Gasteiger partial charge >= 0.3 is 0 Å². The molecule has 2 rings (SSSR count). The molecule has 0 aromatic heterocycles. The van der Waals surface area contributed by atoms with E-state index >= 15 is 0 Å². The van der Waals surface area contributed by atoms with E-state index in [1.165, 1.54) is 22.3 Å². The van der Waals surface area contributed by atoms with E-state index in [4.69, 9.17) is 9.59 Å². The minimum Gasteiger partial charge on any atom is -0.307 e. The molecule has 0 bridgehead atoms. The Kier molecular flexibility index (Phi) is 14.3. The Morgan fingerprint density at radius 3 is 1.33 bits per heavy atom. The van der Waals surface area contributed by atoms with Gasteiger partial charge < -0.3 is 9.59 Å². The maximum Gasteiger partial charge on any atom is 0.106 e. The predicted molar refractivity (Wildman–Crippen MR) is 90.7 cm³/mol. The molecule has 0 N–H and O–H groups in total. The van der Waals surface area contributed by atoms with Gasteiger partial charge in [0.05, 0.1) is 0 Å². The van der Waals surface area contributed by atoms with E-state index in [9.17, 15) is 0 Å². The van der Waals surface area contributed by atoms with Crippen LogP contribution in [0, 0.1) is 20.8 Å². The normalized spacial score (nSPS) is 8.00. The van der Waals surface area contributed by atoms with Gasteiger partial charge in [-0.05, 0) is 32.8 Å². The summed E-state index contributed by atoms with van der Waals surface area (Å²) in [6.07, 6.45) is 1.14. The van der Waals surface area contributed by atoms with Crippen LogP contribution in [0.25, 0.3) is 0 Å². The van der Waals surface area contributed by atoms with E-state index in [0.717, 1.165) is 6.42 Å². The molecule has 0 saturated heterocycles. The maximum absolute atomic E-state index is 8.00. The molecule has 0 amide bonds. The summed E-state index contributed by atoms with van der Waals surface area (Å²) >= 11 is 0. The molecular formula is C19H26O2. The molecule has 114 valence electrons. The zero-order valence-electron chi connectivity index (χ0n) is 13.6. The smallest absolute Gasteiger partial charge is 0.106 e. The van der Waals surface area contributed by atoms with Gasteiger partial charge in [0.15, 0.2) is 0 Å². The summed E-state index contributed by atoms with van der Waals surface area (Å²) in [7, 11) is 0. The second-order valence-corrected chi connectivity index (χ2v) is 4.50. The molecule has 2 nitrogen and oxygen atoms in total. The number of carbonyl (C=O) groups excluding carboxylic acids is 2. The number of aryl methyl sites for hydroxylation is 4. The van der Waals surface area contributed by atoms with E-state index in [1.807, 2.05) is 13.6 Å². The highest BCUT2D eigenvalue weighted by atomic mass is 16.1. The van der Waals surface area contributed by atoms with Gasteiger partial charge in [0.2, 0.25) is 0 Å². The molecule has 0 radical (unpaired) electrons. The van der Waals surface area contributed by atoms with Crippen molar-refractivity contribution < 1.29 is 9.59 Å². The third-order valence-electron chi connectivity index (χ3n) is 2.66. The largest absolute Gasteiger partial charge is 0.307 e. The van der Waals surface area contributed by atoms with E-state index in [1.54, 1.807) is 0 Å². The summed E-state index contributed by atoms with van der Waals surface area (Å²) in [6, 6.07) is 17.1. The van der Waals surface area contributed by atoms with Crippen LogP contribution in [0.4, 0.5) is 0 Å². The Balaban J connectivity index is 0. The van der Waals surface area contributed by atoms with Gasteiger partial charge in [0, 0.05) is 0 Å².